The zero-order valence-corrected chi connectivity index (χ0v) is 11.6. The number of likely N-dealkylation sites (tertiary alicyclic amines) is 1. The minimum atomic E-state index is 0.456. The second-order valence-electron chi connectivity index (χ2n) is 6.18. The van der Waals surface area contributed by atoms with Gasteiger partial charge in [0.25, 0.3) is 0 Å². The number of hydrogen-bond acceptors (Lipinski definition) is 3. The van der Waals surface area contributed by atoms with Crippen LogP contribution in [0.3, 0.4) is 0 Å². The van der Waals surface area contributed by atoms with Gasteiger partial charge in [0, 0.05) is 18.6 Å². The molecular formula is C14H29N3. The highest BCUT2D eigenvalue weighted by Crippen LogP contribution is 2.25. The molecule has 1 heterocycles. The van der Waals surface area contributed by atoms with E-state index in [1.54, 1.807) is 0 Å². The normalized spacial score (nSPS) is 33.2. The van der Waals surface area contributed by atoms with Gasteiger partial charge in [-0.3, -0.25) is 0 Å². The van der Waals surface area contributed by atoms with Crippen molar-refractivity contribution >= 4 is 0 Å². The van der Waals surface area contributed by atoms with Crippen molar-refractivity contribution in [3.63, 3.8) is 0 Å². The molecule has 1 aliphatic heterocycles. The van der Waals surface area contributed by atoms with Crippen LogP contribution in [0, 0.1) is 5.92 Å². The van der Waals surface area contributed by atoms with Crippen LogP contribution in [0.5, 0.6) is 0 Å². The molecule has 17 heavy (non-hydrogen) atoms. The summed E-state index contributed by atoms with van der Waals surface area (Å²) in [7, 11) is 4.53. The van der Waals surface area contributed by atoms with Crippen LogP contribution in [0.1, 0.15) is 38.5 Å². The van der Waals surface area contributed by atoms with Crippen LogP contribution in [0.15, 0.2) is 0 Å². The Morgan fingerprint density at radius 1 is 1.12 bits per heavy atom. The molecule has 2 N–H and O–H groups in total. The van der Waals surface area contributed by atoms with Crippen LogP contribution in [0.25, 0.3) is 0 Å². The molecule has 0 aromatic rings. The van der Waals surface area contributed by atoms with Crippen molar-refractivity contribution in [2.24, 2.45) is 11.7 Å². The summed E-state index contributed by atoms with van der Waals surface area (Å²) in [6.07, 6.45) is 7.98. The topological polar surface area (TPSA) is 32.5 Å². The molecular weight excluding hydrogens is 210 g/mol. The summed E-state index contributed by atoms with van der Waals surface area (Å²) in [5, 5.41) is 0. The number of piperidine rings is 1. The highest BCUT2D eigenvalue weighted by atomic mass is 15.2. The molecule has 2 atom stereocenters. The Kier molecular flexibility index (Phi) is 4.83. The molecule has 1 aliphatic carbocycles. The third-order valence-electron chi connectivity index (χ3n) is 4.80. The molecule has 1 saturated carbocycles. The smallest absolute Gasteiger partial charge is 0.0117 e. The molecule has 100 valence electrons. The highest BCUT2D eigenvalue weighted by molar-refractivity contribution is 4.83. The molecule has 0 aromatic carbocycles. The molecule has 2 rings (SSSR count). The van der Waals surface area contributed by atoms with E-state index in [1.807, 2.05) is 0 Å². The molecule has 2 fully saturated rings. The molecule has 0 spiro atoms. The van der Waals surface area contributed by atoms with Gasteiger partial charge in [0.2, 0.25) is 0 Å². The van der Waals surface area contributed by atoms with Gasteiger partial charge in [-0.2, -0.15) is 0 Å². The predicted molar refractivity (Wildman–Crippen MR) is 73.1 cm³/mol. The maximum absolute atomic E-state index is 6.24. The molecule has 0 amide bonds. The Morgan fingerprint density at radius 3 is 2.41 bits per heavy atom. The molecule has 2 unspecified atom stereocenters. The second kappa shape index (κ2) is 6.17. The van der Waals surface area contributed by atoms with Crippen molar-refractivity contribution < 1.29 is 0 Å². The first-order chi connectivity index (χ1) is 8.16. The van der Waals surface area contributed by atoms with Gasteiger partial charge in [-0.05, 0) is 58.8 Å². The average Bonchev–Trinajstić information content (AvgIpc) is 2.33. The van der Waals surface area contributed by atoms with Crippen molar-refractivity contribution in [2.45, 2.75) is 50.6 Å². The van der Waals surface area contributed by atoms with Crippen LogP contribution in [0.2, 0.25) is 0 Å². The zero-order chi connectivity index (χ0) is 12.3. The van der Waals surface area contributed by atoms with Gasteiger partial charge in [0.05, 0.1) is 0 Å². The van der Waals surface area contributed by atoms with Gasteiger partial charge in [0.15, 0.2) is 0 Å². The Labute approximate surface area is 106 Å². The Morgan fingerprint density at radius 2 is 1.76 bits per heavy atom. The third kappa shape index (κ3) is 3.67. The fraction of sp³-hybridized carbons (Fsp3) is 1.00. The Balaban J connectivity index is 1.77. The van der Waals surface area contributed by atoms with Crippen molar-refractivity contribution in [3.8, 4) is 0 Å². The molecule has 3 heteroatoms. The van der Waals surface area contributed by atoms with Crippen LogP contribution < -0.4 is 5.73 Å². The summed E-state index contributed by atoms with van der Waals surface area (Å²) in [5.41, 5.74) is 6.24. The molecule has 1 saturated heterocycles. The third-order valence-corrected chi connectivity index (χ3v) is 4.80. The summed E-state index contributed by atoms with van der Waals surface area (Å²) in [6, 6.07) is 1.25. The van der Waals surface area contributed by atoms with Crippen LogP contribution >= 0.6 is 0 Å². The monoisotopic (exact) mass is 239 g/mol. The summed E-state index contributed by atoms with van der Waals surface area (Å²) in [5.74, 6) is 0.744. The first kappa shape index (κ1) is 13.3. The van der Waals surface area contributed by atoms with Gasteiger partial charge in [0.1, 0.15) is 0 Å². The minimum Gasteiger partial charge on any atom is -0.327 e. The van der Waals surface area contributed by atoms with E-state index in [9.17, 15) is 0 Å². The molecule has 0 bridgehead atoms. The van der Waals surface area contributed by atoms with E-state index in [0.29, 0.717) is 6.04 Å². The fourth-order valence-electron chi connectivity index (χ4n) is 3.42. The lowest BCUT2D eigenvalue weighted by Crippen LogP contribution is -2.46. The second-order valence-corrected chi connectivity index (χ2v) is 6.18. The number of rotatable bonds is 3. The Bertz CT molecular complexity index is 224. The van der Waals surface area contributed by atoms with Gasteiger partial charge >= 0.3 is 0 Å². The molecule has 3 nitrogen and oxygen atoms in total. The first-order valence-electron chi connectivity index (χ1n) is 7.31. The first-order valence-corrected chi connectivity index (χ1v) is 7.31. The lowest BCUT2D eigenvalue weighted by atomic mass is 9.84. The fourth-order valence-corrected chi connectivity index (χ4v) is 3.42. The van der Waals surface area contributed by atoms with E-state index in [0.717, 1.165) is 12.0 Å². The van der Waals surface area contributed by atoms with Crippen LogP contribution in [-0.2, 0) is 0 Å². The van der Waals surface area contributed by atoms with Crippen molar-refractivity contribution in [3.05, 3.63) is 0 Å². The van der Waals surface area contributed by atoms with E-state index in [4.69, 9.17) is 5.73 Å². The molecule has 0 aromatic heterocycles. The SMILES string of the molecule is CN1CCC(N(C)CC2CCCCC2N)CC1. The van der Waals surface area contributed by atoms with E-state index >= 15 is 0 Å². The zero-order valence-electron chi connectivity index (χ0n) is 11.6. The van der Waals surface area contributed by atoms with Crippen molar-refractivity contribution in [1.82, 2.24) is 9.80 Å². The highest BCUT2D eigenvalue weighted by Gasteiger charge is 2.26. The van der Waals surface area contributed by atoms with Gasteiger partial charge in [-0.15, -0.1) is 0 Å². The number of nitrogens with zero attached hydrogens (tertiary/aromatic N) is 2. The summed E-state index contributed by atoms with van der Waals surface area (Å²) < 4.78 is 0. The van der Waals surface area contributed by atoms with Crippen LogP contribution in [-0.4, -0.2) is 55.6 Å². The maximum atomic E-state index is 6.24. The number of hydrogen-bond donors (Lipinski definition) is 1. The van der Waals surface area contributed by atoms with Crippen LogP contribution in [0.4, 0.5) is 0 Å². The van der Waals surface area contributed by atoms with Crippen molar-refractivity contribution in [1.29, 1.82) is 0 Å². The standard InChI is InChI=1S/C14H29N3/c1-16-9-7-13(8-10-16)17(2)11-12-5-3-4-6-14(12)15/h12-14H,3-11,15H2,1-2H3. The maximum Gasteiger partial charge on any atom is 0.0117 e. The quantitative estimate of drug-likeness (QED) is 0.811. The summed E-state index contributed by atoms with van der Waals surface area (Å²) in [4.78, 5) is 5.03. The van der Waals surface area contributed by atoms with E-state index in [1.165, 1.54) is 58.2 Å². The minimum absolute atomic E-state index is 0.456. The van der Waals surface area contributed by atoms with Crippen molar-refractivity contribution in [2.75, 3.05) is 33.7 Å². The molecule has 2 aliphatic rings. The lowest BCUT2D eigenvalue weighted by molar-refractivity contribution is 0.114. The average molecular weight is 239 g/mol. The van der Waals surface area contributed by atoms with Gasteiger partial charge in [-0.25, -0.2) is 0 Å². The molecule has 0 radical (unpaired) electrons. The van der Waals surface area contributed by atoms with Gasteiger partial charge < -0.3 is 15.5 Å². The van der Waals surface area contributed by atoms with E-state index < -0.39 is 0 Å². The van der Waals surface area contributed by atoms with E-state index in [2.05, 4.69) is 23.9 Å². The number of nitrogens with two attached hydrogens (primary N) is 1. The summed E-state index contributed by atoms with van der Waals surface area (Å²) in [6.45, 7) is 3.73. The predicted octanol–water partition coefficient (Wildman–Crippen LogP) is 1.53. The summed E-state index contributed by atoms with van der Waals surface area (Å²) >= 11 is 0. The largest absolute Gasteiger partial charge is 0.327 e. The Hall–Kier alpha value is -0.120. The van der Waals surface area contributed by atoms with E-state index in [-0.39, 0.29) is 0 Å². The van der Waals surface area contributed by atoms with Gasteiger partial charge in [-0.1, -0.05) is 12.8 Å². The lowest BCUT2D eigenvalue weighted by Gasteiger charge is -2.39.